The average molecular weight is 678 g/mol. The number of carbonyl (C=O) groups is 1. The second kappa shape index (κ2) is 15.5. The van der Waals surface area contributed by atoms with Crippen LogP contribution in [0.3, 0.4) is 0 Å². The summed E-state index contributed by atoms with van der Waals surface area (Å²) in [5.41, 5.74) is 9.53. The van der Waals surface area contributed by atoms with Crippen LogP contribution in [0.4, 0.5) is 13.9 Å². The zero-order valence-corrected chi connectivity index (χ0v) is 27.4. The molecule has 2 aliphatic rings. The molecule has 1 aromatic heterocycles. The Bertz CT molecular complexity index is 1540. The normalized spacial score (nSPS) is 19.6. The highest BCUT2D eigenvalue weighted by molar-refractivity contribution is 7.13. The Kier molecular flexibility index (Phi) is 12.5. The second-order valence-electron chi connectivity index (χ2n) is 11.8. The van der Waals surface area contributed by atoms with Crippen LogP contribution < -0.4 is 5.73 Å². The van der Waals surface area contributed by atoms with Crippen molar-refractivity contribution in [3.8, 4) is 0 Å². The number of benzene rings is 3. The Labute approximate surface area is 279 Å². The topological polar surface area (TPSA) is 94.0 Å². The summed E-state index contributed by atoms with van der Waals surface area (Å²) in [6.07, 6.45) is 3.57. The number of nitrogens with two attached hydrogens (primary N) is 1. The van der Waals surface area contributed by atoms with E-state index in [1.807, 2.05) is 41.3 Å². The minimum atomic E-state index is -0.849. The monoisotopic (exact) mass is 676 g/mol. The molecule has 242 valence electrons. The minimum Gasteiger partial charge on any atom is -0.412 e. The summed E-state index contributed by atoms with van der Waals surface area (Å²) in [6, 6.07) is 24.8. The molecule has 1 unspecified atom stereocenters. The number of aromatic nitrogens is 1. The maximum Gasteiger partial charge on any atom is 0.222 e. The molecule has 1 amide bonds. The Morgan fingerprint density at radius 1 is 0.867 bits per heavy atom. The third-order valence-corrected chi connectivity index (χ3v) is 10.0. The molecule has 3 heterocycles. The number of thiazole rings is 1. The lowest BCUT2D eigenvalue weighted by molar-refractivity contribution is -0.136. The van der Waals surface area contributed by atoms with Gasteiger partial charge in [-0.3, -0.25) is 4.79 Å². The van der Waals surface area contributed by atoms with Gasteiger partial charge < -0.3 is 21.0 Å². The van der Waals surface area contributed by atoms with Crippen LogP contribution in [-0.2, 0) is 22.2 Å². The summed E-state index contributed by atoms with van der Waals surface area (Å²) < 4.78 is 28.5. The van der Waals surface area contributed by atoms with E-state index in [4.69, 9.17) is 10.7 Å². The highest BCUT2D eigenvalue weighted by atomic mass is 35.5. The molecule has 45 heavy (non-hydrogen) atoms. The van der Waals surface area contributed by atoms with E-state index in [2.05, 4.69) is 34.5 Å². The summed E-state index contributed by atoms with van der Waals surface area (Å²) in [6.45, 7) is 3.55. The molecule has 3 aromatic carbocycles. The fourth-order valence-corrected chi connectivity index (χ4v) is 7.54. The fraction of sp³-hybridized carbons (Fsp3) is 0.353. The van der Waals surface area contributed by atoms with Gasteiger partial charge in [-0.15, -0.1) is 36.2 Å². The smallest absolute Gasteiger partial charge is 0.222 e. The van der Waals surface area contributed by atoms with Gasteiger partial charge in [-0.05, 0) is 74.1 Å². The molecule has 4 N–H and O–H groups in total. The number of halogens is 4. The van der Waals surface area contributed by atoms with Gasteiger partial charge in [-0.2, -0.15) is 0 Å². The van der Waals surface area contributed by atoms with Crippen molar-refractivity contribution in [3.63, 3.8) is 0 Å². The molecule has 2 fully saturated rings. The van der Waals surface area contributed by atoms with Crippen molar-refractivity contribution in [3.05, 3.63) is 118 Å². The molecule has 2 saturated heterocycles. The number of hydrogen-bond donors (Lipinski definition) is 1. The van der Waals surface area contributed by atoms with Crippen molar-refractivity contribution < 1.29 is 19.1 Å². The molecule has 6 nitrogen and oxygen atoms in total. The molecular weight excluding hydrogens is 637 g/mol. The maximum atomic E-state index is 14.5. The number of rotatable bonds is 8. The molecule has 2 aliphatic heterocycles. The Morgan fingerprint density at radius 3 is 2.16 bits per heavy atom. The SMILES string of the molecule is Cl.Cl.Nc1nc(C2(c3ccccc3)CCN(CCC3(c4ccc(F)c(F)c4)CCC(=O)N(Cc4ccccc4)C3)CC2)cs1.O. The van der Waals surface area contributed by atoms with Gasteiger partial charge in [0.15, 0.2) is 16.8 Å². The van der Waals surface area contributed by atoms with Crippen molar-refractivity contribution in [2.75, 3.05) is 31.9 Å². The lowest BCUT2D eigenvalue weighted by Crippen LogP contribution is -2.51. The first-order chi connectivity index (χ1) is 20.4. The molecule has 4 aromatic rings. The van der Waals surface area contributed by atoms with Gasteiger partial charge in [-0.1, -0.05) is 66.7 Å². The fourth-order valence-electron chi connectivity index (χ4n) is 6.88. The molecular formula is C34H40Cl2F2N4O2S. The van der Waals surface area contributed by atoms with E-state index >= 15 is 0 Å². The van der Waals surface area contributed by atoms with Gasteiger partial charge in [0, 0.05) is 35.7 Å². The van der Waals surface area contributed by atoms with E-state index in [9.17, 15) is 13.6 Å². The van der Waals surface area contributed by atoms with E-state index in [-0.39, 0.29) is 41.6 Å². The average Bonchev–Trinajstić information content (AvgIpc) is 3.47. The standard InChI is InChI=1S/C34H36F2N4OS.2ClH.H2O/c35-28-12-11-27(21-29(28)36)33(14-13-31(41)40(24-33)22-25-7-3-1-4-8-25)15-18-39-19-16-34(17-20-39,26-9-5-2-6-10-26)30-23-42-32(37)38-30;;;/h1-12,21,23H,13-20,22,24H2,(H2,37,38);2*1H;1H2. The lowest BCUT2D eigenvalue weighted by atomic mass is 9.69. The molecule has 0 spiro atoms. The van der Waals surface area contributed by atoms with E-state index in [1.165, 1.54) is 29.0 Å². The van der Waals surface area contributed by atoms with E-state index in [0.717, 1.165) is 55.7 Å². The summed E-state index contributed by atoms with van der Waals surface area (Å²) in [4.78, 5) is 22.1. The Hall–Kier alpha value is -3.08. The van der Waals surface area contributed by atoms with Crippen molar-refractivity contribution >= 4 is 47.2 Å². The third-order valence-electron chi connectivity index (χ3n) is 9.37. The zero-order valence-electron chi connectivity index (χ0n) is 25.0. The molecule has 0 aliphatic carbocycles. The lowest BCUT2D eigenvalue weighted by Gasteiger charge is -2.46. The second-order valence-corrected chi connectivity index (χ2v) is 12.6. The third kappa shape index (κ3) is 7.67. The van der Waals surface area contributed by atoms with Crippen molar-refractivity contribution in [2.45, 2.75) is 49.5 Å². The van der Waals surface area contributed by atoms with Crippen molar-refractivity contribution in [1.29, 1.82) is 0 Å². The van der Waals surface area contributed by atoms with Crippen LogP contribution in [0.25, 0.3) is 0 Å². The zero-order chi connectivity index (χ0) is 29.2. The van der Waals surface area contributed by atoms with Crippen LogP contribution in [0.15, 0.2) is 84.2 Å². The van der Waals surface area contributed by atoms with Gasteiger partial charge in [0.1, 0.15) is 0 Å². The Balaban J connectivity index is 0.00000184. The van der Waals surface area contributed by atoms with Crippen LogP contribution >= 0.6 is 36.2 Å². The summed E-state index contributed by atoms with van der Waals surface area (Å²) >= 11 is 1.48. The number of piperidine rings is 2. The number of nitrogen functional groups attached to an aromatic ring is 1. The number of nitrogens with zero attached hydrogens (tertiary/aromatic N) is 3. The minimum absolute atomic E-state index is 0. The summed E-state index contributed by atoms with van der Waals surface area (Å²) in [7, 11) is 0. The number of amides is 1. The number of hydrogen-bond acceptors (Lipinski definition) is 5. The molecule has 1 atom stereocenters. The number of anilines is 1. The van der Waals surface area contributed by atoms with Gasteiger partial charge in [0.05, 0.1) is 5.69 Å². The van der Waals surface area contributed by atoms with E-state index in [0.29, 0.717) is 31.1 Å². The predicted molar refractivity (Wildman–Crippen MR) is 181 cm³/mol. The van der Waals surface area contributed by atoms with Crippen molar-refractivity contribution in [1.82, 2.24) is 14.8 Å². The van der Waals surface area contributed by atoms with E-state index < -0.39 is 17.0 Å². The first kappa shape index (κ1) is 36.4. The quantitative estimate of drug-likeness (QED) is 0.229. The largest absolute Gasteiger partial charge is 0.412 e. The highest BCUT2D eigenvalue weighted by Crippen LogP contribution is 2.44. The summed E-state index contributed by atoms with van der Waals surface area (Å²) in [5, 5.41) is 2.68. The predicted octanol–water partition coefficient (Wildman–Crippen LogP) is 6.56. The van der Waals surface area contributed by atoms with Crippen LogP contribution in [0, 0.1) is 11.6 Å². The molecule has 11 heteroatoms. The molecule has 0 radical (unpaired) electrons. The van der Waals surface area contributed by atoms with Gasteiger partial charge in [0.25, 0.3) is 0 Å². The molecule has 6 rings (SSSR count). The maximum absolute atomic E-state index is 14.5. The van der Waals surface area contributed by atoms with Crippen LogP contribution in [0.1, 0.15) is 54.5 Å². The van der Waals surface area contributed by atoms with Gasteiger partial charge in [0.2, 0.25) is 5.91 Å². The number of carbonyl (C=O) groups excluding carboxylic acids is 1. The van der Waals surface area contributed by atoms with Crippen LogP contribution in [-0.4, -0.2) is 52.3 Å². The first-order valence-electron chi connectivity index (χ1n) is 14.6. The Morgan fingerprint density at radius 2 is 1.53 bits per heavy atom. The highest BCUT2D eigenvalue weighted by Gasteiger charge is 2.43. The number of likely N-dealkylation sites (tertiary alicyclic amines) is 2. The summed E-state index contributed by atoms with van der Waals surface area (Å²) in [5.74, 6) is -1.59. The molecule has 0 bridgehead atoms. The van der Waals surface area contributed by atoms with Gasteiger partial charge >= 0.3 is 0 Å². The van der Waals surface area contributed by atoms with Crippen LogP contribution in [0.5, 0.6) is 0 Å². The van der Waals surface area contributed by atoms with Crippen LogP contribution in [0.2, 0.25) is 0 Å². The van der Waals surface area contributed by atoms with Crippen molar-refractivity contribution in [2.24, 2.45) is 0 Å². The first-order valence-corrected chi connectivity index (χ1v) is 15.5. The van der Waals surface area contributed by atoms with Gasteiger partial charge in [-0.25, -0.2) is 13.8 Å². The molecule has 0 saturated carbocycles. The van der Waals surface area contributed by atoms with E-state index in [1.54, 1.807) is 6.07 Å².